The molecule has 3 aromatic rings. The van der Waals surface area contributed by atoms with E-state index in [1.807, 2.05) is 43.3 Å². The van der Waals surface area contributed by atoms with Crippen molar-refractivity contribution in [3.63, 3.8) is 0 Å². The molecule has 0 bridgehead atoms. The fourth-order valence-electron chi connectivity index (χ4n) is 2.52. The summed E-state index contributed by atoms with van der Waals surface area (Å²) in [5.41, 5.74) is 3.84. The quantitative estimate of drug-likeness (QED) is 0.682. The Hall–Kier alpha value is -2.80. The Morgan fingerprint density at radius 3 is 2.58 bits per heavy atom. The highest BCUT2D eigenvalue weighted by atomic mass is 32.1. The standard InChI is InChI=1S/C19H21N5OS/c1-12(2)10-14-4-6-16(7-5-14)21-18(25)22-19-24-23-17(26-19)15-8-9-20-13(3)11-15/h4-9,11-12H,10H2,1-3H3,(H2,21,22,24,25). The van der Waals surface area contributed by atoms with Gasteiger partial charge in [-0.2, -0.15) is 0 Å². The molecule has 7 heteroatoms. The number of anilines is 2. The molecule has 0 saturated carbocycles. The molecule has 134 valence electrons. The number of nitrogens with one attached hydrogen (secondary N) is 2. The first kappa shape index (κ1) is 18.0. The second kappa shape index (κ2) is 8.05. The summed E-state index contributed by atoms with van der Waals surface area (Å²) in [7, 11) is 0. The smallest absolute Gasteiger partial charge is 0.308 e. The van der Waals surface area contributed by atoms with Gasteiger partial charge in [-0.25, -0.2) is 4.79 Å². The van der Waals surface area contributed by atoms with Gasteiger partial charge in [-0.15, -0.1) is 10.2 Å². The molecule has 2 N–H and O–H groups in total. The number of urea groups is 1. The molecule has 0 radical (unpaired) electrons. The van der Waals surface area contributed by atoms with E-state index < -0.39 is 0 Å². The molecule has 0 saturated heterocycles. The second-order valence-electron chi connectivity index (χ2n) is 6.47. The first-order chi connectivity index (χ1) is 12.5. The van der Waals surface area contributed by atoms with E-state index in [0.717, 1.165) is 28.4 Å². The van der Waals surface area contributed by atoms with Crippen molar-refractivity contribution in [2.45, 2.75) is 27.2 Å². The number of rotatable bonds is 5. The Labute approximate surface area is 156 Å². The maximum Gasteiger partial charge on any atom is 0.325 e. The molecule has 1 aromatic carbocycles. The monoisotopic (exact) mass is 367 g/mol. The number of pyridine rings is 1. The molecule has 0 aliphatic heterocycles. The van der Waals surface area contributed by atoms with Gasteiger partial charge >= 0.3 is 6.03 Å². The summed E-state index contributed by atoms with van der Waals surface area (Å²) in [5, 5.41) is 14.9. The number of carbonyl (C=O) groups excluding carboxylic acids is 1. The van der Waals surface area contributed by atoms with Crippen LogP contribution >= 0.6 is 11.3 Å². The maximum atomic E-state index is 12.2. The molecule has 0 spiro atoms. The molecule has 26 heavy (non-hydrogen) atoms. The first-order valence-corrected chi connectivity index (χ1v) is 9.25. The van der Waals surface area contributed by atoms with E-state index in [0.29, 0.717) is 11.0 Å². The molecule has 0 atom stereocenters. The number of hydrogen-bond acceptors (Lipinski definition) is 5. The molecular formula is C19H21N5OS. The fourth-order valence-corrected chi connectivity index (χ4v) is 3.26. The van der Waals surface area contributed by atoms with Crippen molar-refractivity contribution >= 4 is 28.2 Å². The van der Waals surface area contributed by atoms with Crippen molar-refractivity contribution < 1.29 is 4.79 Å². The van der Waals surface area contributed by atoms with Gasteiger partial charge in [0.1, 0.15) is 5.01 Å². The largest absolute Gasteiger partial charge is 0.325 e. The highest BCUT2D eigenvalue weighted by Gasteiger charge is 2.10. The minimum atomic E-state index is -0.338. The molecule has 0 fully saturated rings. The zero-order valence-electron chi connectivity index (χ0n) is 15.0. The van der Waals surface area contributed by atoms with Gasteiger partial charge in [-0.3, -0.25) is 10.3 Å². The van der Waals surface area contributed by atoms with Gasteiger partial charge in [0.2, 0.25) is 5.13 Å². The maximum absolute atomic E-state index is 12.2. The lowest BCUT2D eigenvalue weighted by molar-refractivity contribution is 0.262. The molecule has 0 unspecified atom stereocenters. The van der Waals surface area contributed by atoms with Crippen LogP contribution in [0.4, 0.5) is 15.6 Å². The number of aromatic nitrogens is 3. The molecule has 0 aliphatic carbocycles. The van der Waals surface area contributed by atoms with Crippen LogP contribution in [0.3, 0.4) is 0 Å². The molecular weight excluding hydrogens is 346 g/mol. The summed E-state index contributed by atoms with van der Waals surface area (Å²) in [6.07, 6.45) is 2.75. The Morgan fingerprint density at radius 2 is 1.88 bits per heavy atom. The summed E-state index contributed by atoms with van der Waals surface area (Å²) in [6.45, 7) is 6.29. The van der Waals surface area contributed by atoms with Crippen LogP contribution < -0.4 is 10.6 Å². The van der Waals surface area contributed by atoms with Crippen LogP contribution in [-0.2, 0) is 6.42 Å². The lowest BCUT2D eigenvalue weighted by Gasteiger charge is -2.08. The van der Waals surface area contributed by atoms with Crippen LogP contribution in [0.5, 0.6) is 0 Å². The van der Waals surface area contributed by atoms with Crippen LogP contribution in [0, 0.1) is 12.8 Å². The van der Waals surface area contributed by atoms with Crippen molar-refractivity contribution in [1.29, 1.82) is 0 Å². The van der Waals surface area contributed by atoms with Gasteiger partial charge < -0.3 is 5.32 Å². The molecule has 2 heterocycles. The Bertz CT molecular complexity index is 889. The van der Waals surface area contributed by atoms with Crippen molar-refractivity contribution in [3.8, 4) is 10.6 Å². The minimum absolute atomic E-state index is 0.338. The topological polar surface area (TPSA) is 79.8 Å². The number of carbonyl (C=O) groups is 1. The van der Waals surface area contributed by atoms with Crippen LogP contribution in [0.15, 0.2) is 42.6 Å². The third-order valence-electron chi connectivity index (χ3n) is 3.64. The Kier molecular flexibility index (Phi) is 5.58. The summed E-state index contributed by atoms with van der Waals surface area (Å²) in [5.74, 6) is 0.605. The van der Waals surface area contributed by atoms with Gasteiger partial charge in [0, 0.05) is 23.1 Å². The van der Waals surface area contributed by atoms with Crippen molar-refractivity contribution in [2.75, 3.05) is 10.6 Å². The zero-order valence-corrected chi connectivity index (χ0v) is 15.8. The number of amides is 2. The molecule has 2 aromatic heterocycles. The predicted octanol–water partition coefficient (Wildman–Crippen LogP) is 4.75. The Balaban J connectivity index is 1.60. The zero-order chi connectivity index (χ0) is 18.5. The summed E-state index contributed by atoms with van der Waals surface area (Å²) < 4.78 is 0. The van der Waals surface area contributed by atoms with E-state index in [2.05, 4.69) is 39.7 Å². The normalized spacial score (nSPS) is 10.8. The summed E-state index contributed by atoms with van der Waals surface area (Å²) in [4.78, 5) is 16.3. The van der Waals surface area contributed by atoms with Crippen LogP contribution in [0.25, 0.3) is 10.6 Å². The lowest BCUT2D eigenvalue weighted by atomic mass is 10.0. The van der Waals surface area contributed by atoms with Crippen LogP contribution in [-0.4, -0.2) is 21.2 Å². The first-order valence-electron chi connectivity index (χ1n) is 8.43. The molecule has 0 aliphatic rings. The lowest BCUT2D eigenvalue weighted by Crippen LogP contribution is -2.19. The number of aryl methyl sites for hydroxylation is 1. The van der Waals surface area contributed by atoms with E-state index in [4.69, 9.17) is 0 Å². The fraction of sp³-hybridized carbons (Fsp3) is 0.263. The highest BCUT2D eigenvalue weighted by Crippen LogP contribution is 2.26. The Morgan fingerprint density at radius 1 is 1.12 bits per heavy atom. The van der Waals surface area contributed by atoms with Gasteiger partial charge in [-0.1, -0.05) is 37.3 Å². The van der Waals surface area contributed by atoms with Crippen molar-refractivity contribution in [3.05, 3.63) is 53.9 Å². The van der Waals surface area contributed by atoms with Gasteiger partial charge in [0.15, 0.2) is 0 Å². The molecule has 3 rings (SSSR count). The van der Waals surface area contributed by atoms with E-state index in [9.17, 15) is 4.79 Å². The highest BCUT2D eigenvalue weighted by molar-refractivity contribution is 7.18. The van der Waals surface area contributed by atoms with E-state index in [-0.39, 0.29) is 6.03 Å². The third-order valence-corrected chi connectivity index (χ3v) is 4.53. The van der Waals surface area contributed by atoms with Gasteiger partial charge in [-0.05, 0) is 49.1 Å². The second-order valence-corrected chi connectivity index (χ2v) is 7.45. The van der Waals surface area contributed by atoms with E-state index in [1.165, 1.54) is 16.9 Å². The summed E-state index contributed by atoms with van der Waals surface area (Å²) >= 11 is 1.32. The average Bonchev–Trinajstić information content (AvgIpc) is 3.04. The minimum Gasteiger partial charge on any atom is -0.308 e. The van der Waals surface area contributed by atoms with Crippen LogP contribution in [0.2, 0.25) is 0 Å². The SMILES string of the molecule is Cc1cc(-c2nnc(NC(=O)Nc3ccc(CC(C)C)cc3)s2)ccn1. The summed E-state index contributed by atoms with van der Waals surface area (Å²) in [6, 6.07) is 11.3. The number of nitrogens with zero attached hydrogens (tertiary/aromatic N) is 3. The average molecular weight is 367 g/mol. The number of benzene rings is 1. The molecule has 6 nitrogen and oxygen atoms in total. The van der Waals surface area contributed by atoms with E-state index in [1.54, 1.807) is 6.20 Å². The van der Waals surface area contributed by atoms with E-state index >= 15 is 0 Å². The third kappa shape index (κ3) is 4.86. The van der Waals surface area contributed by atoms with Crippen molar-refractivity contribution in [1.82, 2.24) is 15.2 Å². The van der Waals surface area contributed by atoms with Crippen molar-refractivity contribution in [2.24, 2.45) is 5.92 Å². The molecule has 2 amide bonds. The number of hydrogen-bond donors (Lipinski definition) is 2. The van der Waals surface area contributed by atoms with Gasteiger partial charge in [0.05, 0.1) is 0 Å². The van der Waals surface area contributed by atoms with Gasteiger partial charge in [0.25, 0.3) is 0 Å². The van der Waals surface area contributed by atoms with Crippen LogP contribution in [0.1, 0.15) is 25.1 Å². The predicted molar refractivity (Wildman–Crippen MR) is 106 cm³/mol.